The third kappa shape index (κ3) is 4.08. The lowest BCUT2D eigenvalue weighted by Gasteiger charge is -2.20. The van der Waals surface area contributed by atoms with Crippen molar-refractivity contribution in [2.45, 2.75) is 13.3 Å². The van der Waals surface area contributed by atoms with Gasteiger partial charge in [-0.2, -0.15) is 4.98 Å². The molecule has 0 fully saturated rings. The molecular weight excluding hydrogens is 304 g/mol. The van der Waals surface area contributed by atoms with Gasteiger partial charge in [-0.3, -0.25) is 0 Å². The molecule has 2 N–H and O–H groups in total. The van der Waals surface area contributed by atoms with E-state index in [9.17, 15) is 0 Å². The van der Waals surface area contributed by atoms with Gasteiger partial charge in [-0.25, -0.2) is 4.98 Å². The van der Waals surface area contributed by atoms with E-state index in [0.29, 0.717) is 29.8 Å². The molecule has 0 amide bonds. The topological polar surface area (TPSA) is 64.3 Å². The lowest BCUT2D eigenvalue weighted by Crippen LogP contribution is -2.28. The van der Waals surface area contributed by atoms with Crippen LogP contribution in [0.15, 0.2) is 10.7 Å². The van der Waals surface area contributed by atoms with Crippen LogP contribution in [-0.4, -0.2) is 35.2 Å². The number of thiocarbonyl (C=S) groups is 1. The number of nitrogens with zero attached hydrogens (tertiary/aromatic N) is 3. The predicted molar refractivity (Wildman–Crippen MR) is 75.6 cm³/mol. The van der Waals surface area contributed by atoms with E-state index in [1.807, 2.05) is 11.8 Å². The van der Waals surface area contributed by atoms with E-state index >= 15 is 0 Å². The zero-order chi connectivity index (χ0) is 12.8. The molecule has 0 saturated carbocycles. The molecule has 0 aliphatic carbocycles. The van der Waals surface area contributed by atoms with Crippen molar-refractivity contribution in [3.8, 4) is 5.88 Å². The van der Waals surface area contributed by atoms with Gasteiger partial charge in [0.25, 0.3) is 0 Å². The van der Waals surface area contributed by atoms with E-state index in [4.69, 9.17) is 22.7 Å². The SMILES string of the molecule is CCN(CCC(N)=S)c1ncc(Br)c(OC)n1. The van der Waals surface area contributed by atoms with Gasteiger partial charge in [0, 0.05) is 19.5 Å². The molecule has 0 aromatic carbocycles. The smallest absolute Gasteiger partial charge is 0.232 e. The maximum Gasteiger partial charge on any atom is 0.232 e. The van der Waals surface area contributed by atoms with Gasteiger partial charge >= 0.3 is 0 Å². The fourth-order valence-corrected chi connectivity index (χ4v) is 1.73. The van der Waals surface area contributed by atoms with Gasteiger partial charge in [0.05, 0.1) is 22.8 Å². The Hall–Kier alpha value is -0.950. The van der Waals surface area contributed by atoms with Gasteiger partial charge in [-0.15, -0.1) is 0 Å². The van der Waals surface area contributed by atoms with Crippen LogP contribution in [0.1, 0.15) is 13.3 Å². The van der Waals surface area contributed by atoms with Crippen LogP contribution in [-0.2, 0) is 0 Å². The van der Waals surface area contributed by atoms with Crippen LogP contribution in [0, 0.1) is 0 Å². The van der Waals surface area contributed by atoms with Crippen LogP contribution in [0.3, 0.4) is 0 Å². The van der Waals surface area contributed by atoms with E-state index < -0.39 is 0 Å². The van der Waals surface area contributed by atoms with Crippen LogP contribution in [0.2, 0.25) is 0 Å². The molecule has 1 aromatic heterocycles. The van der Waals surface area contributed by atoms with Crippen molar-refractivity contribution < 1.29 is 4.74 Å². The second kappa shape index (κ2) is 6.70. The van der Waals surface area contributed by atoms with E-state index in [1.54, 1.807) is 13.3 Å². The highest BCUT2D eigenvalue weighted by Crippen LogP contribution is 2.23. The predicted octanol–water partition coefficient (Wildman–Crippen LogP) is 1.75. The Labute approximate surface area is 114 Å². The minimum absolute atomic E-state index is 0.493. The van der Waals surface area contributed by atoms with Crippen molar-refractivity contribution in [1.29, 1.82) is 0 Å². The second-order valence-electron chi connectivity index (χ2n) is 3.32. The number of methoxy groups -OCH3 is 1. The van der Waals surface area contributed by atoms with Gasteiger partial charge in [0.2, 0.25) is 11.8 Å². The fourth-order valence-electron chi connectivity index (χ4n) is 1.28. The zero-order valence-electron chi connectivity index (χ0n) is 9.81. The lowest BCUT2D eigenvalue weighted by atomic mass is 10.4. The summed E-state index contributed by atoms with van der Waals surface area (Å²) in [6.45, 7) is 3.52. The minimum Gasteiger partial charge on any atom is -0.480 e. The molecule has 1 rings (SSSR count). The molecule has 0 spiro atoms. The summed E-state index contributed by atoms with van der Waals surface area (Å²) in [5.41, 5.74) is 5.49. The Morgan fingerprint density at radius 3 is 2.88 bits per heavy atom. The number of anilines is 1. The molecule has 1 heterocycles. The summed E-state index contributed by atoms with van der Waals surface area (Å²) in [6.07, 6.45) is 2.31. The molecule has 0 saturated heterocycles. The summed E-state index contributed by atoms with van der Waals surface area (Å²) in [7, 11) is 1.57. The monoisotopic (exact) mass is 318 g/mol. The molecule has 5 nitrogen and oxygen atoms in total. The quantitative estimate of drug-likeness (QED) is 0.806. The summed E-state index contributed by atoms with van der Waals surface area (Å²) in [5.74, 6) is 1.13. The van der Waals surface area contributed by atoms with Crippen molar-refractivity contribution in [2.75, 3.05) is 25.1 Å². The van der Waals surface area contributed by atoms with Crippen molar-refractivity contribution >= 4 is 39.1 Å². The minimum atomic E-state index is 0.493. The average Bonchev–Trinajstić information content (AvgIpc) is 2.31. The Morgan fingerprint density at radius 1 is 1.65 bits per heavy atom. The average molecular weight is 319 g/mol. The van der Waals surface area contributed by atoms with Crippen LogP contribution < -0.4 is 15.4 Å². The second-order valence-corrected chi connectivity index (χ2v) is 4.70. The zero-order valence-corrected chi connectivity index (χ0v) is 12.2. The van der Waals surface area contributed by atoms with E-state index in [1.165, 1.54) is 0 Å². The Kier molecular flexibility index (Phi) is 5.57. The normalized spacial score (nSPS) is 10.1. The fraction of sp³-hybridized carbons (Fsp3) is 0.500. The van der Waals surface area contributed by atoms with Gasteiger partial charge in [0.15, 0.2) is 0 Å². The number of hydrogen-bond acceptors (Lipinski definition) is 5. The first-order valence-electron chi connectivity index (χ1n) is 5.18. The number of nitrogens with two attached hydrogens (primary N) is 1. The highest BCUT2D eigenvalue weighted by Gasteiger charge is 2.11. The molecule has 0 atom stereocenters. The van der Waals surface area contributed by atoms with Crippen LogP contribution in [0.25, 0.3) is 0 Å². The Bertz CT molecular complexity index is 402. The van der Waals surface area contributed by atoms with E-state index in [2.05, 4.69) is 25.9 Å². The van der Waals surface area contributed by atoms with Crippen LogP contribution >= 0.6 is 28.1 Å². The molecule has 1 aromatic rings. The van der Waals surface area contributed by atoms with Gasteiger partial charge < -0.3 is 15.4 Å². The van der Waals surface area contributed by atoms with Crippen molar-refractivity contribution in [2.24, 2.45) is 5.73 Å². The molecule has 94 valence electrons. The van der Waals surface area contributed by atoms with Gasteiger partial charge in [-0.05, 0) is 22.9 Å². The van der Waals surface area contributed by atoms with E-state index in [0.717, 1.165) is 11.0 Å². The number of ether oxygens (including phenoxy) is 1. The maximum absolute atomic E-state index is 5.49. The van der Waals surface area contributed by atoms with Gasteiger partial charge in [0.1, 0.15) is 0 Å². The molecule has 0 radical (unpaired) electrons. The molecule has 0 unspecified atom stereocenters. The first kappa shape index (κ1) is 14.1. The van der Waals surface area contributed by atoms with Crippen LogP contribution in [0.4, 0.5) is 5.95 Å². The highest BCUT2D eigenvalue weighted by molar-refractivity contribution is 9.10. The maximum atomic E-state index is 5.49. The largest absolute Gasteiger partial charge is 0.480 e. The summed E-state index contributed by atoms with van der Waals surface area (Å²) < 4.78 is 5.86. The number of rotatable bonds is 6. The van der Waals surface area contributed by atoms with E-state index in [-0.39, 0.29) is 0 Å². The molecule has 0 aliphatic heterocycles. The summed E-state index contributed by atoms with van der Waals surface area (Å²) >= 11 is 8.17. The molecule has 7 heteroatoms. The Balaban J connectivity index is 2.84. The standard InChI is InChI=1S/C10H15BrN4OS/c1-3-15(5-4-8(12)17)10-13-6-7(11)9(14-10)16-2/h6H,3-5H2,1-2H3,(H2,12,17). The molecule has 17 heavy (non-hydrogen) atoms. The van der Waals surface area contributed by atoms with Crippen molar-refractivity contribution in [1.82, 2.24) is 9.97 Å². The molecule has 0 aliphatic rings. The van der Waals surface area contributed by atoms with Crippen molar-refractivity contribution in [3.05, 3.63) is 10.7 Å². The van der Waals surface area contributed by atoms with Gasteiger partial charge in [-0.1, -0.05) is 12.2 Å². The summed E-state index contributed by atoms with van der Waals surface area (Å²) in [5, 5.41) is 0. The first-order chi connectivity index (χ1) is 8.08. The summed E-state index contributed by atoms with van der Waals surface area (Å²) in [6, 6.07) is 0. The highest BCUT2D eigenvalue weighted by atomic mass is 79.9. The van der Waals surface area contributed by atoms with Crippen molar-refractivity contribution in [3.63, 3.8) is 0 Å². The molecular formula is C10H15BrN4OS. The molecule has 0 bridgehead atoms. The third-order valence-corrected chi connectivity index (χ3v) is 2.93. The first-order valence-corrected chi connectivity index (χ1v) is 6.38. The third-order valence-electron chi connectivity index (χ3n) is 2.19. The lowest BCUT2D eigenvalue weighted by molar-refractivity contribution is 0.393. The number of hydrogen-bond donors (Lipinski definition) is 1. The Morgan fingerprint density at radius 2 is 2.35 bits per heavy atom. The summed E-state index contributed by atoms with van der Waals surface area (Å²) in [4.78, 5) is 11.0. The number of halogens is 1. The number of aromatic nitrogens is 2. The van der Waals surface area contributed by atoms with Crippen LogP contribution in [0.5, 0.6) is 5.88 Å².